The molecule has 0 saturated heterocycles. The minimum atomic E-state index is -0.838. The highest BCUT2D eigenvalue weighted by molar-refractivity contribution is 6.10. The molecule has 32 heavy (non-hydrogen) atoms. The minimum absolute atomic E-state index is 0.0424. The molecule has 0 spiro atoms. The molecule has 0 aromatic heterocycles. The number of anilines is 2. The molecule has 0 aliphatic heterocycles. The number of phenols is 2. The molecule has 0 bridgehead atoms. The molecule has 3 rings (SSSR count). The van der Waals surface area contributed by atoms with E-state index in [1.54, 1.807) is 31.2 Å². The van der Waals surface area contributed by atoms with E-state index in [0.717, 1.165) is 6.07 Å². The first-order valence-corrected chi connectivity index (χ1v) is 9.55. The number of ether oxygens (including phenoxy) is 2. The zero-order chi connectivity index (χ0) is 23.1. The van der Waals surface area contributed by atoms with Gasteiger partial charge in [0, 0.05) is 17.2 Å². The molecule has 0 unspecified atom stereocenters. The molecule has 0 heterocycles. The van der Waals surface area contributed by atoms with Crippen LogP contribution in [0.2, 0.25) is 0 Å². The van der Waals surface area contributed by atoms with Gasteiger partial charge in [0.15, 0.2) is 0 Å². The van der Waals surface area contributed by atoms with Crippen molar-refractivity contribution in [2.75, 3.05) is 17.2 Å². The predicted molar refractivity (Wildman–Crippen MR) is 116 cm³/mol. The van der Waals surface area contributed by atoms with Crippen molar-refractivity contribution < 1.29 is 34.1 Å². The van der Waals surface area contributed by atoms with Crippen molar-refractivity contribution in [1.29, 1.82) is 0 Å². The average molecular weight is 436 g/mol. The Kier molecular flexibility index (Phi) is 6.92. The lowest BCUT2D eigenvalue weighted by Gasteiger charge is -2.13. The monoisotopic (exact) mass is 436 g/mol. The number of nitrogens with one attached hydrogen (secondary N) is 2. The molecule has 164 valence electrons. The van der Waals surface area contributed by atoms with Gasteiger partial charge < -0.3 is 30.3 Å². The van der Waals surface area contributed by atoms with Crippen LogP contribution in [0, 0.1) is 0 Å². The van der Waals surface area contributed by atoms with E-state index in [2.05, 4.69) is 15.4 Å². The van der Waals surface area contributed by atoms with Crippen LogP contribution >= 0.6 is 0 Å². The van der Waals surface area contributed by atoms with Gasteiger partial charge >= 0.3 is 6.16 Å². The fourth-order valence-corrected chi connectivity index (χ4v) is 2.73. The average Bonchev–Trinajstić information content (AvgIpc) is 2.75. The Morgan fingerprint density at radius 3 is 1.84 bits per heavy atom. The molecule has 0 aliphatic rings. The Morgan fingerprint density at radius 1 is 0.781 bits per heavy atom. The molecule has 0 radical (unpaired) electrons. The quantitative estimate of drug-likeness (QED) is 0.337. The van der Waals surface area contributed by atoms with Crippen molar-refractivity contribution in [3.8, 4) is 17.2 Å². The van der Waals surface area contributed by atoms with Crippen LogP contribution in [-0.4, -0.2) is 34.8 Å². The third kappa shape index (κ3) is 5.76. The molecule has 0 fully saturated rings. The second kappa shape index (κ2) is 9.98. The highest BCUT2D eigenvalue weighted by Gasteiger charge is 2.14. The van der Waals surface area contributed by atoms with Gasteiger partial charge in [-0.1, -0.05) is 12.1 Å². The lowest BCUT2D eigenvalue weighted by Crippen LogP contribution is -2.17. The summed E-state index contributed by atoms with van der Waals surface area (Å²) in [5.74, 6) is -1.33. The number of para-hydroxylation sites is 2. The normalized spacial score (nSPS) is 10.2. The summed E-state index contributed by atoms with van der Waals surface area (Å²) in [4.78, 5) is 36.5. The number of phenolic OH excluding ortho intramolecular Hbond substituents is 2. The summed E-state index contributed by atoms with van der Waals surface area (Å²) in [6.45, 7) is 1.84. The van der Waals surface area contributed by atoms with Crippen LogP contribution in [0.5, 0.6) is 17.2 Å². The number of rotatable bonds is 6. The molecule has 3 aromatic rings. The molecule has 4 N–H and O–H groups in total. The van der Waals surface area contributed by atoms with E-state index in [9.17, 15) is 24.6 Å². The van der Waals surface area contributed by atoms with Gasteiger partial charge in [-0.25, -0.2) is 4.79 Å². The highest BCUT2D eigenvalue weighted by atomic mass is 16.7. The lowest BCUT2D eigenvalue weighted by atomic mass is 10.1. The molecule has 9 nitrogen and oxygen atoms in total. The first kappa shape index (κ1) is 22.2. The topological polar surface area (TPSA) is 134 Å². The summed E-state index contributed by atoms with van der Waals surface area (Å²) in [6.07, 6.45) is -0.838. The Hall–Kier alpha value is -4.53. The van der Waals surface area contributed by atoms with Crippen LogP contribution in [0.1, 0.15) is 27.6 Å². The Balaban J connectivity index is 1.71. The van der Waals surface area contributed by atoms with Gasteiger partial charge in [0.1, 0.15) is 17.2 Å². The number of amides is 2. The third-order valence-corrected chi connectivity index (χ3v) is 4.17. The van der Waals surface area contributed by atoms with Crippen molar-refractivity contribution in [2.45, 2.75) is 6.92 Å². The van der Waals surface area contributed by atoms with E-state index in [-0.39, 0.29) is 29.4 Å². The van der Waals surface area contributed by atoms with E-state index in [1.807, 2.05) is 0 Å². The second-order valence-corrected chi connectivity index (χ2v) is 6.50. The summed E-state index contributed by atoms with van der Waals surface area (Å²) in [7, 11) is 0. The summed E-state index contributed by atoms with van der Waals surface area (Å²) in [5, 5.41) is 24.5. The minimum Gasteiger partial charge on any atom is -0.508 e. The number of hydrogen-bond donors (Lipinski definition) is 4. The van der Waals surface area contributed by atoms with Crippen LogP contribution in [0.3, 0.4) is 0 Å². The van der Waals surface area contributed by atoms with Crippen LogP contribution in [0.15, 0.2) is 66.7 Å². The number of carbonyl (C=O) groups excluding carboxylic acids is 3. The largest absolute Gasteiger partial charge is 0.513 e. The van der Waals surface area contributed by atoms with Gasteiger partial charge in [0.2, 0.25) is 0 Å². The zero-order valence-corrected chi connectivity index (χ0v) is 17.0. The fraction of sp³-hybridized carbons (Fsp3) is 0.0870. The molecule has 9 heteroatoms. The summed E-state index contributed by atoms with van der Waals surface area (Å²) in [5.41, 5.74) is 0.985. The van der Waals surface area contributed by atoms with Crippen LogP contribution in [-0.2, 0) is 4.74 Å². The van der Waals surface area contributed by atoms with E-state index in [1.165, 1.54) is 36.4 Å². The van der Waals surface area contributed by atoms with Crippen LogP contribution in [0.4, 0.5) is 16.2 Å². The molecular weight excluding hydrogens is 416 g/mol. The molecule has 0 atom stereocenters. The standard InChI is InChI=1S/C23H20N2O7/c1-2-31-23(30)32-18-9-7-14(8-10-18)21(28)24-19-5-3-4-6-20(19)25-22(29)15-11-16(26)13-17(27)12-15/h3-13,26-27H,2H2,1H3,(H,24,28)(H,25,29). The van der Waals surface area contributed by atoms with Crippen molar-refractivity contribution in [2.24, 2.45) is 0 Å². The van der Waals surface area contributed by atoms with E-state index in [0.29, 0.717) is 16.9 Å². The molecule has 0 aliphatic carbocycles. The van der Waals surface area contributed by atoms with Gasteiger partial charge in [-0.05, 0) is 55.5 Å². The predicted octanol–water partition coefficient (Wildman–Crippen LogP) is 4.14. The summed E-state index contributed by atoms with van der Waals surface area (Å²) >= 11 is 0. The van der Waals surface area contributed by atoms with Gasteiger partial charge in [-0.2, -0.15) is 0 Å². The third-order valence-electron chi connectivity index (χ3n) is 4.17. The van der Waals surface area contributed by atoms with Gasteiger partial charge in [-0.3, -0.25) is 9.59 Å². The van der Waals surface area contributed by atoms with E-state index < -0.39 is 18.0 Å². The van der Waals surface area contributed by atoms with Crippen molar-refractivity contribution in [3.63, 3.8) is 0 Å². The van der Waals surface area contributed by atoms with Crippen molar-refractivity contribution in [3.05, 3.63) is 77.9 Å². The number of carbonyl (C=O) groups is 3. The summed E-state index contributed by atoms with van der Waals surface area (Å²) in [6, 6.07) is 15.9. The van der Waals surface area contributed by atoms with Gasteiger partial charge in [0.25, 0.3) is 11.8 Å². The number of aromatic hydroxyl groups is 2. The Morgan fingerprint density at radius 2 is 1.31 bits per heavy atom. The first-order valence-electron chi connectivity index (χ1n) is 9.55. The molecule has 2 amide bonds. The number of hydrogen-bond acceptors (Lipinski definition) is 7. The molecule has 0 saturated carbocycles. The van der Waals surface area contributed by atoms with Crippen molar-refractivity contribution >= 4 is 29.3 Å². The maximum absolute atomic E-state index is 12.6. The SMILES string of the molecule is CCOC(=O)Oc1ccc(C(=O)Nc2ccccc2NC(=O)c2cc(O)cc(O)c2)cc1. The molecular formula is C23H20N2O7. The number of benzene rings is 3. The lowest BCUT2D eigenvalue weighted by molar-refractivity contribution is 0.101. The van der Waals surface area contributed by atoms with E-state index in [4.69, 9.17) is 4.74 Å². The smallest absolute Gasteiger partial charge is 0.508 e. The fourth-order valence-electron chi connectivity index (χ4n) is 2.73. The Bertz CT molecular complexity index is 1120. The first-order chi connectivity index (χ1) is 15.4. The second-order valence-electron chi connectivity index (χ2n) is 6.50. The zero-order valence-electron chi connectivity index (χ0n) is 17.0. The van der Waals surface area contributed by atoms with Crippen LogP contribution in [0.25, 0.3) is 0 Å². The summed E-state index contributed by atoms with van der Waals surface area (Å²) < 4.78 is 9.64. The van der Waals surface area contributed by atoms with Crippen molar-refractivity contribution in [1.82, 2.24) is 0 Å². The van der Waals surface area contributed by atoms with Gasteiger partial charge in [-0.15, -0.1) is 0 Å². The Labute approximate surface area is 183 Å². The molecule has 3 aromatic carbocycles. The van der Waals surface area contributed by atoms with E-state index >= 15 is 0 Å². The van der Waals surface area contributed by atoms with Crippen LogP contribution < -0.4 is 15.4 Å². The maximum Gasteiger partial charge on any atom is 0.513 e. The van der Waals surface area contributed by atoms with Gasteiger partial charge in [0.05, 0.1) is 18.0 Å². The highest BCUT2D eigenvalue weighted by Crippen LogP contribution is 2.25. The maximum atomic E-state index is 12.6.